The van der Waals surface area contributed by atoms with E-state index in [0.29, 0.717) is 31.7 Å². The average Bonchev–Trinajstić information content (AvgIpc) is 2.63. The molecule has 1 saturated heterocycles. The highest BCUT2D eigenvalue weighted by Gasteiger charge is 2.36. The molecule has 2 rings (SSSR count). The van der Waals surface area contributed by atoms with Gasteiger partial charge in [0.05, 0.1) is 13.2 Å². The lowest BCUT2D eigenvalue weighted by Gasteiger charge is -2.42. The fourth-order valence-corrected chi connectivity index (χ4v) is 3.34. The Morgan fingerprint density at radius 2 is 2.06 bits per heavy atom. The van der Waals surface area contributed by atoms with Crippen molar-refractivity contribution < 1.29 is 9.53 Å². The van der Waals surface area contributed by atoms with Gasteiger partial charge in [-0.3, -0.25) is 9.69 Å². The van der Waals surface area contributed by atoms with E-state index in [-0.39, 0.29) is 11.9 Å². The van der Waals surface area contributed by atoms with Crippen LogP contribution < -0.4 is 11.5 Å². The molecule has 1 amide bonds. The van der Waals surface area contributed by atoms with Gasteiger partial charge in [-0.05, 0) is 25.3 Å². The van der Waals surface area contributed by atoms with Crippen molar-refractivity contribution >= 4 is 5.91 Å². The molecule has 0 radical (unpaired) electrons. The third-order valence-electron chi connectivity index (χ3n) is 4.35. The van der Waals surface area contributed by atoms with Crippen LogP contribution in [-0.4, -0.2) is 49.2 Å². The summed E-state index contributed by atoms with van der Waals surface area (Å²) in [6.45, 7) is 2.63. The Morgan fingerprint density at radius 1 is 1.28 bits per heavy atom. The Balaban J connectivity index is 2.11. The van der Waals surface area contributed by atoms with Crippen molar-refractivity contribution in [1.29, 1.82) is 0 Å². The number of nitrogens with two attached hydrogens (primary N) is 2. The van der Waals surface area contributed by atoms with Gasteiger partial charge in [-0.15, -0.1) is 0 Å². The lowest BCUT2D eigenvalue weighted by atomic mass is 9.92. The average molecular weight is 255 g/mol. The van der Waals surface area contributed by atoms with Crippen LogP contribution in [0.1, 0.15) is 32.1 Å². The van der Waals surface area contributed by atoms with Crippen LogP contribution in [0.3, 0.4) is 0 Å². The molecule has 5 heteroatoms. The van der Waals surface area contributed by atoms with Gasteiger partial charge in [0.25, 0.3) is 0 Å². The summed E-state index contributed by atoms with van der Waals surface area (Å²) >= 11 is 0. The van der Waals surface area contributed by atoms with Crippen molar-refractivity contribution in [2.24, 2.45) is 17.4 Å². The van der Waals surface area contributed by atoms with E-state index in [1.165, 1.54) is 25.7 Å². The number of carbonyl (C=O) groups excluding carboxylic acids is 1. The first-order valence-corrected chi connectivity index (χ1v) is 7.07. The summed E-state index contributed by atoms with van der Waals surface area (Å²) in [6, 6.07) is 0.134. The first-order valence-electron chi connectivity index (χ1n) is 7.07. The van der Waals surface area contributed by atoms with Crippen LogP contribution in [0.4, 0.5) is 0 Å². The van der Waals surface area contributed by atoms with E-state index in [2.05, 4.69) is 4.90 Å². The molecule has 2 aliphatic rings. The Morgan fingerprint density at radius 3 is 2.78 bits per heavy atom. The van der Waals surface area contributed by atoms with Gasteiger partial charge in [0.15, 0.2) is 0 Å². The molecular formula is C13H25N3O2. The molecule has 5 nitrogen and oxygen atoms in total. The number of amides is 1. The number of hydrogen-bond donors (Lipinski definition) is 2. The van der Waals surface area contributed by atoms with Crippen molar-refractivity contribution in [1.82, 2.24) is 4.90 Å². The molecule has 0 bridgehead atoms. The van der Waals surface area contributed by atoms with Crippen molar-refractivity contribution in [3.8, 4) is 0 Å². The molecule has 0 aromatic heterocycles. The number of ether oxygens (including phenoxy) is 1. The maximum Gasteiger partial charge on any atom is 0.237 e. The summed E-state index contributed by atoms with van der Waals surface area (Å²) in [5.74, 6) is 0.224. The second-order valence-corrected chi connectivity index (χ2v) is 5.43. The maximum absolute atomic E-state index is 11.6. The van der Waals surface area contributed by atoms with Crippen LogP contribution in [0.2, 0.25) is 0 Å². The van der Waals surface area contributed by atoms with E-state index in [4.69, 9.17) is 16.2 Å². The zero-order valence-electron chi connectivity index (χ0n) is 11.0. The third kappa shape index (κ3) is 3.02. The fourth-order valence-electron chi connectivity index (χ4n) is 3.34. The highest BCUT2D eigenvalue weighted by Crippen LogP contribution is 2.29. The SMILES string of the molecule is NCC1CCCCCC1N1CCOCC1C(N)=O. The van der Waals surface area contributed by atoms with Gasteiger partial charge in [-0.25, -0.2) is 0 Å². The summed E-state index contributed by atoms with van der Waals surface area (Å²) in [5.41, 5.74) is 11.4. The largest absolute Gasteiger partial charge is 0.378 e. The Hall–Kier alpha value is -0.650. The van der Waals surface area contributed by atoms with E-state index in [9.17, 15) is 4.79 Å². The third-order valence-corrected chi connectivity index (χ3v) is 4.35. The Kier molecular flexibility index (Phi) is 4.97. The van der Waals surface area contributed by atoms with Crippen molar-refractivity contribution in [2.45, 2.75) is 44.2 Å². The van der Waals surface area contributed by atoms with E-state index in [1.807, 2.05) is 0 Å². The Bertz CT molecular complexity index is 285. The predicted octanol–water partition coefficient (Wildman–Crippen LogP) is 0.0801. The number of morpholine rings is 1. The smallest absolute Gasteiger partial charge is 0.237 e. The molecule has 2 fully saturated rings. The fraction of sp³-hybridized carbons (Fsp3) is 0.923. The lowest BCUT2D eigenvalue weighted by Crippen LogP contribution is -2.58. The second kappa shape index (κ2) is 6.50. The van der Waals surface area contributed by atoms with Crippen LogP contribution in [0.5, 0.6) is 0 Å². The van der Waals surface area contributed by atoms with E-state index < -0.39 is 0 Å². The minimum absolute atomic E-state index is 0.268. The molecule has 1 saturated carbocycles. The molecule has 3 unspecified atom stereocenters. The van der Waals surface area contributed by atoms with Gasteiger partial charge >= 0.3 is 0 Å². The standard InChI is InChI=1S/C13H25N3O2/c14-8-10-4-2-1-3-5-11(10)16-6-7-18-9-12(16)13(15)17/h10-12H,1-9,14H2,(H2,15,17). The molecule has 0 spiro atoms. The Labute approximate surface area is 109 Å². The summed E-state index contributed by atoms with van der Waals surface area (Å²) in [7, 11) is 0. The summed E-state index contributed by atoms with van der Waals surface area (Å²) < 4.78 is 5.39. The quantitative estimate of drug-likeness (QED) is 0.700. The molecule has 104 valence electrons. The minimum Gasteiger partial charge on any atom is -0.378 e. The molecule has 1 aliphatic heterocycles. The first-order chi connectivity index (χ1) is 8.74. The first kappa shape index (κ1) is 13.8. The van der Waals surface area contributed by atoms with E-state index >= 15 is 0 Å². The molecule has 0 aromatic carbocycles. The molecule has 0 aromatic rings. The van der Waals surface area contributed by atoms with Crippen LogP contribution in [0, 0.1) is 5.92 Å². The zero-order chi connectivity index (χ0) is 13.0. The van der Waals surface area contributed by atoms with Crippen LogP contribution in [-0.2, 0) is 9.53 Å². The summed E-state index contributed by atoms with van der Waals surface area (Å²) in [5, 5.41) is 0. The van der Waals surface area contributed by atoms with Gasteiger partial charge < -0.3 is 16.2 Å². The highest BCUT2D eigenvalue weighted by molar-refractivity contribution is 5.80. The van der Waals surface area contributed by atoms with E-state index in [0.717, 1.165) is 13.0 Å². The lowest BCUT2D eigenvalue weighted by molar-refractivity contribution is -0.132. The molecule has 1 heterocycles. The summed E-state index contributed by atoms with van der Waals surface area (Å²) in [6.07, 6.45) is 6.06. The second-order valence-electron chi connectivity index (χ2n) is 5.43. The van der Waals surface area contributed by atoms with Crippen molar-refractivity contribution in [3.63, 3.8) is 0 Å². The topological polar surface area (TPSA) is 81.6 Å². The van der Waals surface area contributed by atoms with Crippen molar-refractivity contribution in [3.05, 3.63) is 0 Å². The molecule has 3 atom stereocenters. The number of nitrogens with zero attached hydrogens (tertiary/aromatic N) is 1. The number of carbonyl (C=O) groups is 1. The van der Waals surface area contributed by atoms with Crippen molar-refractivity contribution in [2.75, 3.05) is 26.3 Å². The van der Waals surface area contributed by atoms with Crippen LogP contribution >= 0.6 is 0 Å². The zero-order valence-corrected chi connectivity index (χ0v) is 11.0. The predicted molar refractivity (Wildman–Crippen MR) is 69.9 cm³/mol. The van der Waals surface area contributed by atoms with Gasteiger partial charge in [0, 0.05) is 12.6 Å². The maximum atomic E-state index is 11.6. The van der Waals surface area contributed by atoms with Crippen LogP contribution in [0.15, 0.2) is 0 Å². The molecule has 1 aliphatic carbocycles. The highest BCUT2D eigenvalue weighted by atomic mass is 16.5. The van der Waals surface area contributed by atoms with Gasteiger partial charge in [-0.2, -0.15) is 0 Å². The molecular weight excluding hydrogens is 230 g/mol. The van der Waals surface area contributed by atoms with E-state index in [1.54, 1.807) is 0 Å². The number of rotatable bonds is 3. The summed E-state index contributed by atoms with van der Waals surface area (Å²) in [4.78, 5) is 13.8. The molecule has 4 N–H and O–H groups in total. The molecule has 18 heavy (non-hydrogen) atoms. The number of hydrogen-bond acceptors (Lipinski definition) is 4. The van der Waals surface area contributed by atoms with Crippen LogP contribution in [0.25, 0.3) is 0 Å². The monoisotopic (exact) mass is 255 g/mol. The number of primary amides is 1. The van der Waals surface area contributed by atoms with Gasteiger partial charge in [-0.1, -0.05) is 19.3 Å². The van der Waals surface area contributed by atoms with Gasteiger partial charge in [0.2, 0.25) is 5.91 Å². The van der Waals surface area contributed by atoms with Gasteiger partial charge in [0.1, 0.15) is 6.04 Å². The normalized spacial score (nSPS) is 35.1. The minimum atomic E-state index is -0.269.